The van der Waals surface area contributed by atoms with Crippen molar-refractivity contribution in [2.24, 2.45) is 0 Å². The molecule has 0 aliphatic carbocycles. The standard InChI is InChI=1S/C16H15BrF2/c1-11-7-8-13(16(19)15(11)18)9-10-14(17)12-5-3-2-4-6-12/h2-8,14H,9-10H2,1H3. The second kappa shape index (κ2) is 6.29. The van der Waals surface area contributed by atoms with Gasteiger partial charge in [0.05, 0.1) is 0 Å². The first kappa shape index (κ1) is 14.2. The van der Waals surface area contributed by atoms with E-state index in [9.17, 15) is 8.78 Å². The molecule has 0 saturated heterocycles. The van der Waals surface area contributed by atoms with E-state index in [1.165, 1.54) is 0 Å². The molecule has 1 atom stereocenters. The Morgan fingerprint density at radius 2 is 1.68 bits per heavy atom. The van der Waals surface area contributed by atoms with Gasteiger partial charge in [0.1, 0.15) is 0 Å². The Balaban J connectivity index is 2.05. The molecule has 1 unspecified atom stereocenters. The largest absolute Gasteiger partial charge is 0.203 e. The zero-order valence-electron chi connectivity index (χ0n) is 10.7. The molecule has 0 bridgehead atoms. The average Bonchev–Trinajstić information content (AvgIpc) is 2.45. The molecule has 3 heteroatoms. The quantitative estimate of drug-likeness (QED) is 0.666. The lowest BCUT2D eigenvalue weighted by Gasteiger charge is -2.11. The van der Waals surface area contributed by atoms with Crippen molar-refractivity contribution in [1.29, 1.82) is 0 Å². The van der Waals surface area contributed by atoms with Gasteiger partial charge in [0.2, 0.25) is 0 Å². The molecule has 0 aliphatic heterocycles. The van der Waals surface area contributed by atoms with Gasteiger partial charge in [-0.15, -0.1) is 0 Å². The minimum atomic E-state index is -0.733. The summed E-state index contributed by atoms with van der Waals surface area (Å²) in [6.07, 6.45) is 1.23. The summed E-state index contributed by atoms with van der Waals surface area (Å²) in [7, 11) is 0. The molecule has 2 rings (SSSR count). The van der Waals surface area contributed by atoms with Crippen molar-refractivity contribution in [2.45, 2.75) is 24.6 Å². The summed E-state index contributed by atoms with van der Waals surface area (Å²) in [5, 5.41) is 0. The van der Waals surface area contributed by atoms with Crippen LogP contribution < -0.4 is 0 Å². The molecular formula is C16H15BrF2. The molecule has 100 valence electrons. The maximum Gasteiger partial charge on any atom is 0.162 e. The van der Waals surface area contributed by atoms with Gasteiger partial charge in [-0.25, -0.2) is 8.78 Å². The number of aryl methyl sites for hydroxylation is 2. The predicted molar refractivity (Wildman–Crippen MR) is 77.5 cm³/mol. The Morgan fingerprint density at radius 3 is 2.37 bits per heavy atom. The van der Waals surface area contributed by atoms with Crippen LogP contribution in [0.5, 0.6) is 0 Å². The van der Waals surface area contributed by atoms with Crippen LogP contribution in [0, 0.1) is 18.6 Å². The van der Waals surface area contributed by atoms with Crippen molar-refractivity contribution in [3.63, 3.8) is 0 Å². The molecule has 0 radical (unpaired) electrons. The topological polar surface area (TPSA) is 0 Å². The second-order valence-corrected chi connectivity index (χ2v) is 5.69. The number of alkyl halides is 1. The van der Waals surface area contributed by atoms with Crippen molar-refractivity contribution < 1.29 is 8.78 Å². The highest BCUT2D eigenvalue weighted by atomic mass is 79.9. The maximum atomic E-state index is 13.7. The van der Waals surface area contributed by atoms with E-state index in [0.717, 1.165) is 12.0 Å². The summed E-state index contributed by atoms with van der Waals surface area (Å²) >= 11 is 3.58. The van der Waals surface area contributed by atoms with E-state index >= 15 is 0 Å². The Bertz CT molecular complexity index is 552. The van der Waals surface area contributed by atoms with Gasteiger partial charge in [-0.1, -0.05) is 58.4 Å². The average molecular weight is 325 g/mol. The van der Waals surface area contributed by atoms with E-state index in [0.29, 0.717) is 17.5 Å². The van der Waals surface area contributed by atoms with Crippen LogP contribution in [0.25, 0.3) is 0 Å². The molecule has 0 N–H and O–H groups in total. The van der Waals surface area contributed by atoms with Crippen LogP contribution >= 0.6 is 15.9 Å². The van der Waals surface area contributed by atoms with E-state index in [4.69, 9.17) is 0 Å². The van der Waals surface area contributed by atoms with E-state index in [-0.39, 0.29) is 4.83 Å². The normalized spacial score (nSPS) is 12.4. The van der Waals surface area contributed by atoms with Crippen molar-refractivity contribution in [1.82, 2.24) is 0 Å². The fourth-order valence-corrected chi connectivity index (χ4v) is 2.52. The smallest absolute Gasteiger partial charge is 0.162 e. The van der Waals surface area contributed by atoms with Gasteiger partial charge in [-0.2, -0.15) is 0 Å². The Hall–Kier alpha value is -1.22. The molecule has 0 amide bonds. The van der Waals surface area contributed by atoms with Crippen LogP contribution in [0.15, 0.2) is 42.5 Å². The van der Waals surface area contributed by atoms with Gasteiger partial charge in [0.15, 0.2) is 11.6 Å². The molecule has 0 heterocycles. The van der Waals surface area contributed by atoms with Crippen LogP contribution in [0.1, 0.15) is 27.9 Å². The zero-order valence-corrected chi connectivity index (χ0v) is 12.3. The number of hydrogen-bond acceptors (Lipinski definition) is 0. The summed E-state index contributed by atoms with van der Waals surface area (Å²) in [5.74, 6) is -1.45. The van der Waals surface area contributed by atoms with Crippen LogP contribution in [0.2, 0.25) is 0 Å². The third-order valence-electron chi connectivity index (χ3n) is 3.18. The minimum Gasteiger partial charge on any atom is -0.203 e. The lowest BCUT2D eigenvalue weighted by Crippen LogP contribution is -1.99. The van der Waals surface area contributed by atoms with Gasteiger partial charge in [-0.3, -0.25) is 0 Å². The van der Waals surface area contributed by atoms with Gasteiger partial charge in [-0.05, 0) is 36.5 Å². The van der Waals surface area contributed by atoms with Crippen molar-refractivity contribution in [3.05, 3.63) is 70.8 Å². The molecule has 0 nitrogen and oxygen atoms in total. The molecule has 0 aliphatic rings. The Morgan fingerprint density at radius 1 is 1.00 bits per heavy atom. The predicted octanol–water partition coefficient (Wildman–Crippen LogP) is 5.34. The first-order valence-corrected chi connectivity index (χ1v) is 7.13. The summed E-state index contributed by atoms with van der Waals surface area (Å²) in [5.41, 5.74) is 1.93. The fourth-order valence-electron chi connectivity index (χ4n) is 1.99. The van der Waals surface area contributed by atoms with E-state index in [1.54, 1.807) is 19.1 Å². The lowest BCUT2D eigenvalue weighted by molar-refractivity contribution is 0.492. The van der Waals surface area contributed by atoms with Gasteiger partial charge in [0, 0.05) is 4.83 Å². The van der Waals surface area contributed by atoms with Crippen LogP contribution in [-0.4, -0.2) is 0 Å². The van der Waals surface area contributed by atoms with E-state index in [1.807, 2.05) is 30.3 Å². The molecule has 0 spiro atoms. The van der Waals surface area contributed by atoms with Crippen molar-refractivity contribution in [2.75, 3.05) is 0 Å². The van der Waals surface area contributed by atoms with E-state index in [2.05, 4.69) is 15.9 Å². The number of rotatable bonds is 4. The molecule has 19 heavy (non-hydrogen) atoms. The highest BCUT2D eigenvalue weighted by molar-refractivity contribution is 9.09. The first-order chi connectivity index (χ1) is 9.09. The highest BCUT2D eigenvalue weighted by Gasteiger charge is 2.13. The third kappa shape index (κ3) is 3.41. The highest BCUT2D eigenvalue weighted by Crippen LogP contribution is 2.28. The second-order valence-electron chi connectivity index (χ2n) is 4.59. The fraction of sp³-hybridized carbons (Fsp3) is 0.250. The molecule has 2 aromatic rings. The number of hydrogen-bond donors (Lipinski definition) is 0. The summed E-state index contributed by atoms with van der Waals surface area (Å²) in [6.45, 7) is 1.57. The summed E-state index contributed by atoms with van der Waals surface area (Å²) in [6, 6.07) is 13.2. The minimum absolute atomic E-state index is 0.150. The zero-order chi connectivity index (χ0) is 13.8. The molecule has 2 aromatic carbocycles. The van der Waals surface area contributed by atoms with Gasteiger partial charge < -0.3 is 0 Å². The van der Waals surface area contributed by atoms with Gasteiger partial charge >= 0.3 is 0 Å². The SMILES string of the molecule is Cc1ccc(CCC(Br)c2ccccc2)c(F)c1F. The van der Waals surface area contributed by atoms with Gasteiger partial charge in [0.25, 0.3) is 0 Å². The van der Waals surface area contributed by atoms with Crippen LogP contribution in [0.4, 0.5) is 8.78 Å². The van der Waals surface area contributed by atoms with Crippen LogP contribution in [-0.2, 0) is 6.42 Å². The summed E-state index contributed by atoms with van der Waals surface area (Å²) < 4.78 is 27.2. The monoisotopic (exact) mass is 324 g/mol. The molecule has 0 saturated carbocycles. The first-order valence-electron chi connectivity index (χ1n) is 6.22. The molecule has 0 aromatic heterocycles. The summed E-state index contributed by atoms with van der Waals surface area (Å²) in [4.78, 5) is 0.150. The van der Waals surface area contributed by atoms with Crippen LogP contribution in [0.3, 0.4) is 0 Å². The maximum absolute atomic E-state index is 13.7. The van der Waals surface area contributed by atoms with E-state index < -0.39 is 11.6 Å². The van der Waals surface area contributed by atoms with Crippen molar-refractivity contribution in [3.8, 4) is 0 Å². The Labute approximate surface area is 120 Å². The number of halogens is 3. The molecular weight excluding hydrogens is 310 g/mol. The van der Waals surface area contributed by atoms with Crippen molar-refractivity contribution >= 4 is 15.9 Å². The number of benzene rings is 2. The third-order valence-corrected chi connectivity index (χ3v) is 4.17. The molecule has 0 fully saturated rings. The Kier molecular flexibility index (Phi) is 4.70. The lowest BCUT2D eigenvalue weighted by atomic mass is 10.0.